The Morgan fingerprint density at radius 2 is 1.64 bits per heavy atom. The van der Waals surface area contributed by atoms with Crippen LogP contribution in [0.5, 0.6) is 5.75 Å². The SMILES string of the molecule is COc1ccc(CN(C(=O)Nc2ccc(F)c(F)c2)[C@H]2CC[C@H](c3ccccc3)CC2)cc1. The highest BCUT2D eigenvalue weighted by molar-refractivity contribution is 5.89. The van der Waals surface area contributed by atoms with Crippen LogP contribution in [0.1, 0.15) is 42.7 Å². The van der Waals surface area contributed by atoms with Gasteiger partial charge in [-0.15, -0.1) is 0 Å². The van der Waals surface area contributed by atoms with E-state index in [1.807, 2.05) is 35.2 Å². The smallest absolute Gasteiger partial charge is 0.322 e. The number of carbonyl (C=O) groups excluding carboxylic acids is 1. The first-order chi connectivity index (χ1) is 16.0. The monoisotopic (exact) mass is 450 g/mol. The fourth-order valence-electron chi connectivity index (χ4n) is 4.51. The highest BCUT2D eigenvalue weighted by Crippen LogP contribution is 2.35. The third-order valence-electron chi connectivity index (χ3n) is 6.35. The lowest BCUT2D eigenvalue weighted by Gasteiger charge is -2.37. The minimum atomic E-state index is -0.988. The molecule has 0 atom stereocenters. The number of ether oxygens (including phenoxy) is 1. The largest absolute Gasteiger partial charge is 0.497 e. The number of carbonyl (C=O) groups is 1. The maximum Gasteiger partial charge on any atom is 0.322 e. The zero-order chi connectivity index (χ0) is 23.2. The molecule has 3 aromatic rings. The number of urea groups is 1. The highest BCUT2D eigenvalue weighted by Gasteiger charge is 2.30. The van der Waals surface area contributed by atoms with Crippen molar-refractivity contribution in [1.29, 1.82) is 0 Å². The number of nitrogens with zero attached hydrogens (tertiary/aromatic N) is 1. The number of rotatable bonds is 6. The van der Waals surface area contributed by atoms with Gasteiger partial charge in [-0.25, -0.2) is 13.6 Å². The van der Waals surface area contributed by atoms with E-state index in [1.165, 1.54) is 11.6 Å². The molecule has 0 bridgehead atoms. The summed E-state index contributed by atoms with van der Waals surface area (Å²) in [5.41, 5.74) is 2.54. The summed E-state index contributed by atoms with van der Waals surface area (Å²) in [7, 11) is 1.61. The zero-order valence-electron chi connectivity index (χ0n) is 18.6. The molecule has 0 aromatic heterocycles. The predicted octanol–water partition coefficient (Wildman–Crippen LogP) is 6.73. The molecule has 1 saturated carbocycles. The van der Waals surface area contributed by atoms with Crippen molar-refractivity contribution >= 4 is 11.7 Å². The molecule has 1 N–H and O–H groups in total. The van der Waals surface area contributed by atoms with Gasteiger partial charge in [0.1, 0.15) is 5.75 Å². The van der Waals surface area contributed by atoms with Gasteiger partial charge in [-0.2, -0.15) is 0 Å². The first kappa shape index (κ1) is 22.8. The van der Waals surface area contributed by atoms with Gasteiger partial charge in [-0.3, -0.25) is 0 Å². The fraction of sp³-hybridized carbons (Fsp3) is 0.296. The van der Waals surface area contributed by atoms with Crippen LogP contribution in [0.2, 0.25) is 0 Å². The maximum absolute atomic E-state index is 13.7. The molecule has 1 aliphatic rings. The van der Waals surface area contributed by atoms with Gasteiger partial charge in [0, 0.05) is 24.3 Å². The van der Waals surface area contributed by atoms with E-state index < -0.39 is 11.6 Å². The molecule has 0 radical (unpaired) electrons. The first-order valence-corrected chi connectivity index (χ1v) is 11.2. The van der Waals surface area contributed by atoms with Gasteiger partial charge in [-0.1, -0.05) is 42.5 Å². The Morgan fingerprint density at radius 3 is 2.27 bits per heavy atom. The van der Waals surface area contributed by atoms with Crippen LogP contribution in [0.3, 0.4) is 0 Å². The normalized spacial score (nSPS) is 17.9. The van der Waals surface area contributed by atoms with Crippen LogP contribution < -0.4 is 10.1 Å². The minimum absolute atomic E-state index is 0.0531. The van der Waals surface area contributed by atoms with Gasteiger partial charge in [0.2, 0.25) is 0 Å². The predicted molar refractivity (Wildman–Crippen MR) is 125 cm³/mol. The quantitative estimate of drug-likeness (QED) is 0.452. The lowest BCUT2D eigenvalue weighted by molar-refractivity contribution is 0.158. The number of hydrogen-bond acceptors (Lipinski definition) is 2. The second-order valence-corrected chi connectivity index (χ2v) is 8.45. The molecular weight excluding hydrogens is 422 g/mol. The lowest BCUT2D eigenvalue weighted by atomic mass is 9.81. The summed E-state index contributed by atoms with van der Waals surface area (Å²) in [5.74, 6) is -0.695. The summed E-state index contributed by atoms with van der Waals surface area (Å²) in [4.78, 5) is 15.1. The van der Waals surface area contributed by atoms with Gasteiger partial charge in [0.05, 0.1) is 7.11 Å². The summed E-state index contributed by atoms with van der Waals surface area (Å²) in [6.45, 7) is 0.417. The van der Waals surface area contributed by atoms with Gasteiger partial charge in [0.15, 0.2) is 11.6 Å². The van der Waals surface area contributed by atoms with E-state index >= 15 is 0 Å². The number of halogens is 2. The topological polar surface area (TPSA) is 41.6 Å². The molecule has 4 rings (SSSR count). The highest BCUT2D eigenvalue weighted by atomic mass is 19.2. The molecule has 2 amide bonds. The van der Waals surface area contributed by atoms with E-state index in [2.05, 4.69) is 29.6 Å². The number of anilines is 1. The van der Waals surface area contributed by atoms with Crippen LogP contribution in [-0.4, -0.2) is 24.1 Å². The van der Waals surface area contributed by atoms with E-state index in [4.69, 9.17) is 4.74 Å². The molecule has 1 aliphatic carbocycles. The van der Waals surface area contributed by atoms with Crippen molar-refractivity contribution in [1.82, 2.24) is 4.90 Å². The Bertz CT molecular complexity index is 1070. The van der Waals surface area contributed by atoms with Gasteiger partial charge < -0.3 is 15.0 Å². The van der Waals surface area contributed by atoms with Crippen LogP contribution >= 0.6 is 0 Å². The van der Waals surface area contributed by atoms with Crippen LogP contribution in [0, 0.1) is 11.6 Å². The molecular formula is C27H28F2N2O2. The van der Waals surface area contributed by atoms with E-state index in [0.717, 1.165) is 49.1 Å². The van der Waals surface area contributed by atoms with E-state index in [1.54, 1.807) is 7.11 Å². The molecule has 0 heterocycles. The summed E-state index contributed by atoms with van der Waals surface area (Å²) in [6.07, 6.45) is 3.74. The molecule has 33 heavy (non-hydrogen) atoms. The average Bonchev–Trinajstić information content (AvgIpc) is 2.86. The molecule has 6 heteroatoms. The molecule has 0 spiro atoms. The summed E-state index contributed by atoms with van der Waals surface area (Å²) < 4.78 is 32.2. The average molecular weight is 451 g/mol. The number of amides is 2. The Kier molecular flexibility index (Phi) is 7.23. The van der Waals surface area contributed by atoms with Crippen LogP contribution in [0.15, 0.2) is 72.8 Å². The van der Waals surface area contributed by atoms with Crippen molar-refractivity contribution in [2.24, 2.45) is 0 Å². The summed E-state index contributed by atoms with van der Waals surface area (Å²) in [5, 5.41) is 2.75. The second kappa shape index (κ2) is 10.5. The van der Waals surface area contributed by atoms with Crippen LogP contribution in [0.4, 0.5) is 19.3 Å². The standard InChI is InChI=1S/C27H28F2N2O2/c1-33-24-14-7-19(8-15-24)18-31(27(32)30-22-11-16-25(28)26(29)17-22)23-12-9-21(10-13-23)20-5-3-2-4-6-20/h2-8,11,14-17,21,23H,9-10,12-13,18H2,1H3,(H,30,32)/t21-,23-. The number of hydrogen-bond donors (Lipinski definition) is 1. The molecule has 1 fully saturated rings. The van der Waals surface area contributed by atoms with Crippen LogP contribution in [0.25, 0.3) is 0 Å². The van der Waals surface area contributed by atoms with Gasteiger partial charge in [0.25, 0.3) is 0 Å². The Balaban J connectivity index is 1.50. The Morgan fingerprint density at radius 1 is 0.939 bits per heavy atom. The maximum atomic E-state index is 13.7. The van der Waals surface area contributed by atoms with E-state index in [-0.39, 0.29) is 17.8 Å². The van der Waals surface area contributed by atoms with Crippen molar-refractivity contribution in [3.8, 4) is 5.75 Å². The van der Waals surface area contributed by atoms with Crippen molar-refractivity contribution in [3.05, 3.63) is 95.6 Å². The van der Waals surface area contributed by atoms with Crippen molar-refractivity contribution < 1.29 is 18.3 Å². The number of nitrogens with one attached hydrogen (secondary N) is 1. The summed E-state index contributed by atoms with van der Waals surface area (Å²) in [6, 6.07) is 21.2. The summed E-state index contributed by atoms with van der Waals surface area (Å²) >= 11 is 0. The molecule has 0 aliphatic heterocycles. The Labute approximate surface area is 193 Å². The molecule has 3 aromatic carbocycles. The zero-order valence-corrected chi connectivity index (χ0v) is 18.6. The van der Waals surface area contributed by atoms with E-state index in [9.17, 15) is 13.6 Å². The molecule has 0 saturated heterocycles. The number of methoxy groups -OCH3 is 1. The lowest BCUT2D eigenvalue weighted by Crippen LogP contribution is -2.44. The van der Waals surface area contributed by atoms with Gasteiger partial charge >= 0.3 is 6.03 Å². The van der Waals surface area contributed by atoms with Crippen LogP contribution in [-0.2, 0) is 6.54 Å². The van der Waals surface area contributed by atoms with Crippen molar-refractivity contribution in [2.75, 3.05) is 12.4 Å². The minimum Gasteiger partial charge on any atom is -0.497 e. The fourth-order valence-corrected chi connectivity index (χ4v) is 4.51. The van der Waals surface area contributed by atoms with Crippen molar-refractivity contribution in [2.45, 2.75) is 44.2 Å². The van der Waals surface area contributed by atoms with Crippen molar-refractivity contribution in [3.63, 3.8) is 0 Å². The third kappa shape index (κ3) is 5.69. The third-order valence-corrected chi connectivity index (χ3v) is 6.35. The molecule has 0 unspecified atom stereocenters. The van der Waals surface area contributed by atoms with Gasteiger partial charge in [-0.05, 0) is 67.0 Å². The Hall–Kier alpha value is -3.41. The molecule has 4 nitrogen and oxygen atoms in total. The number of benzene rings is 3. The van der Waals surface area contributed by atoms with E-state index in [0.29, 0.717) is 12.5 Å². The first-order valence-electron chi connectivity index (χ1n) is 11.2. The second-order valence-electron chi connectivity index (χ2n) is 8.45. The molecule has 172 valence electrons.